The summed E-state index contributed by atoms with van der Waals surface area (Å²) in [7, 11) is -8.28. The minimum absolute atomic E-state index is 0.0208. The maximum atomic E-state index is 14.2. The summed E-state index contributed by atoms with van der Waals surface area (Å²) in [6.07, 6.45) is 0.265. The summed E-state index contributed by atoms with van der Waals surface area (Å²) in [5.41, 5.74) is 4.61. The molecular weight excluding hydrogens is 682 g/mol. The van der Waals surface area contributed by atoms with E-state index in [-0.39, 0.29) is 32.8 Å². The van der Waals surface area contributed by atoms with E-state index in [9.17, 15) is 9.13 Å². The summed E-state index contributed by atoms with van der Waals surface area (Å²) < 4.78 is 64.2. The lowest BCUT2D eigenvalue weighted by atomic mass is 10.0. The molecule has 0 radical (unpaired) electrons. The summed E-state index contributed by atoms with van der Waals surface area (Å²) in [6.45, 7) is 0.0833. The zero-order chi connectivity index (χ0) is 35.2. The van der Waals surface area contributed by atoms with Gasteiger partial charge in [0.05, 0.1) is 26.4 Å². The predicted molar refractivity (Wildman–Crippen MR) is 197 cm³/mol. The lowest BCUT2D eigenvalue weighted by molar-refractivity contribution is 0.142. The van der Waals surface area contributed by atoms with Crippen molar-refractivity contribution in [2.45, 2.75) is 32.8 Å². The highest BCUT2D eigenvalue weighted by molar-refractivity contribution is 7.49. The van der Waals surface area contributed by atoms with Crippen LogP contribution >= 0.6 is 15.6 Å². The highest BCUT2D eigenvalue weighted by Crippen LogP contribution is 2.53. The van der Waals surface area contributed by atoms with E-state index in [0.29, 0.717) is 22.6 Å². The average Bonchev–Trinajstić information content (AvgIpc) is 3.18. The van der Waals surface area contributed by atoms with E-state index in [1.807, 2.05) is 146 Å². The second-order valence-electron chi connectivity index (χ2n) is 11.5. The van der Waals surface area contributed by atoms with Gasteiger partial charge in [-0.3, -0.25) is 18.1 Å². The number of hydrogen-bond acceptors (Lipinski definition) is 8. The Morgan fingerprint density at radius 3 is 0.882 bits per heavy atom. The van der Waals surface area contributed by atoms with Gasteiger partial charge in [-0.1, -0.05) is 158 Å². The highest BCUT2D eigenvalue weighted by atomic mass is 31.2. The molecule has 6 rings (SSSR count). The molecule has 6 aromatic rings. The van der Waals surface area contributed by atoms with Gasteiger partial charge in [0.15, 0.2) is 0 Å². The summed E-state index contributed by atoms with van der Waals surface area (Å²) in [6, 6.07) is 52.0. The summed E-state index contributed by atoms with van der Waals surface area (Å²) in [4.78, 5) is 0. The van der Waals surface area contributed by atoms with E-state index < -0.39 is 15.6 Å². The third-order valence-electron chi connectivity index (χ3n) is 7.68. The molecule has 0 saturated heterocycles. The smallest absolute Gasteiger partial charge is 0.404 e. The van der Waals surface area contributed by atoms with Gasteiger partial charge in [0.1, 0.15) is 11.5 Å². The first kappa shape index (κ1) is 36.0. The molecule has 0 saturated carbocycles. The number of para-hydroxylation sites is 2. The quantitative estimate of drug-likeness (QED) is 0.0811. The average molecular weight is 721 g/mol. The summed E-state index contributed by atoms with van der Waals surface area (Å²) >= 11 is 0. The van der Waals surface area contributed by atoms with Crippen molar-refractivity contribution in [2.75, 3.05) is 0 Å². The first-order valence-electron chi connectivity index (χ1n) is 16.4. The zero-order valence-corrected chi connectivity index (χ0v) is 29.7. The lowest BCUT2D eigenvalue weighted by Crippen LogP contribution is -2.06. The van der Waals surface area contributed by atoms with Crippen LogP contribution in [-0.4, -0.2) is 0 Å². The van der Waals surface area contributed by atoms with Crippen molar-refractivity contribution in [1.29, 1.82) is 0 Å². The van der Waals surface area contributed by atoms with Crippen molar-refractivity contribution in [1.82, 2.24) is 0 Å². The number of phosphoric acid groups is 2. The molecule has 0 aromatic heterocycles. The van der Waals surface area contributed by atoms with E-state index in [4.69, 9.17) is 27.1 Å². The van der Waals surface area contributed by atoms with Gasteiger partial charge in [-0.15, -0.1) is 0 Å². The van der Waals surface area contributed by atoms with Gasteiger partial charge in [-0.25, -0.2) is 9.13 Å². The second-order valence-corrected chi connectivity index (χ2v) is 14.7. The molecule has 51 heavy (non-hydrogen) atoms. The number of hydrogen-bond donors (Lipinski definition) is 0. The molecule has 10 heteroatoms. The van der Waals surface area contributed by atoms with Crippen molar-refractivity contribution < 1.29 is 36.3 Å². The van der Waals surface area contributed by atoms with Crippen LogP contribution in [0.15, 0.2) is 170 Å². The zero-order valence-electron chi connectivity index (χ0n) is 27.9. The molecular formula is C41H38O8P2. The third-order valence-corrected chi connectivity index (χ3v) is 10.3. The third kappa shape index (κ3) is 11.1. The van der Waals surface area contributed by atoms with Crippen molar-refractivity contribution in [3.63, 3.8) is 0 Å². The van der Waals surface area contributed by atoms with Crippen LogP contribution in [-0.2, 0) is 60.1 Å². The fourth-order valence-electron chi connectivity index (χ4n) is 5.02. The Bertz CT molecular complexity index is 1800. The van der Waals surface area contributed by atoms with Gasteiger partial charge >= 0.3 is 15.6 Å². The Morgan fingerprint density at radius 1 is 0.333 bits per heavy atom. The van der Waals surface area contributed by atoms with Gasteiger partial charge in [-0.2, -0.15) is 0 Å². The van der Waals surface area contributed by atoms with Crippen LogP contribution in [0.25, 0.3) is 0 Å². The first-order valence-corrected chi connectivity index (χ1v) is 19.4. The molecule has 0 fully saturated rings. The Labute approximate surface area is 298 Å². The van der Waals surface area contributed by atoms with Crippen molar-refractivity contribution >= 4 is 15.6 Å². The van der Waals surface area contributed by atoms with Crippen LogP contribution in [0.4, 0.5) is 0 Å². The second kappa shape index (κ2) is 17.9. The molecule has 0 aliphatic heterocycles. The van der Waals surface area contributed by atoms with Crippen LogP contribution < -0.4 is 9.05 Å². The molecule has 0 aliphatic carbocycles. The molecule has 8 nitrogen and oxygen atoms in total. The molecule has 0 N–H and O–H groups in total. The van der Waals surface area contributed by atoms with Crippen LogP contribution in [0.1, 0.15) is 33.4 Å². The summed E-state index contributed by atoms with van der Waals surface area (Å²) in [5.74, 6) is 0.612. The Hall–Kier alpha value is -4.78. The normalized spacial score (nSPS) is 11.6. The summed E-state index contributed by atoms with van der Waals surface area (Å²) in [5, 5.41) is 0. The van der Waals surface area contributed by atoms with Crippen molar-refractivity contribution in [3.05, 3.63) is 203 Å². The van der Waals surface area contributed by atoms with Gasteiger partial charge in [0.2, 0.25) is 0 Å². The Morgan fingerprint density at radius 2 is 0.588 bits per heavy atom. The van der Waals surface area contributed by atoms with Crippen molar-refractivity contribution in [3.8, 4) is 11.5 Å². The van der Waals surface area contributed by atoms with Crippen LogP contribution in [0, 0.1) is 0 Å². The number of benzene rings is 6. The van der Waals surface area contributed by atoms with Gasteiger partial charge in [0.25, 0.3) is 0 Å². The van der Waals surface area contributed by atoms with Gasteiger partial charge in [-0.05, 0) is 45.5 Å². The highest BCUT2D eigenvalue weighted by Gasteiger charge is 2.32. The van der Waals surface area contributed by atoms with Crippen LogP contribution in [0.2, 0.25) is 0 Å². The fourth-order valence-corrected chi connectivity index (χ4v) is 7.44. The van der Waals surface area contributed by atoms with Gasteiger partial charge < -0.3 is 9.05 Å². The first-order chi connectivity index (χ1) is 25.0. The molecule has 0 bridgehead atoms. The van der Waals surface area contributed by atoms with Gasteiger partial charge in [0, 0.05) is 6.42 Å². The molecule has 0 spiro atoms. The fraction of sp³-hybridized carbons (Fsp3) is 0.122. The lowest BCUT2D eigenvalue weighted by Gasteiger charge is -2.22. The minimum atomic E-state index is -4.14. The largest absolute Gasteiger partial charge is 0.530 e. The SMILES string of the molecule is O=P(OCc1ccccc1)(OCc1ccccc1)Oc1ccccc1Cc1ccccc1OP(=O)(OCc1ccccc1)OCc1ccccc1. The van der Waals surface area contributed by atoms with E-state index in [0.717, 1.165) is 22.3 Å². The van der Waals surface area contributed by atoms with E-state index >= 15 is 0 Å². The maximum absolute atomic E-state index is 14.2. The maximum Gasteiger partial charge on any atom is 0.530 e. The van der Waals surface area contributed by atoms with E-state index in [1.165, 1.54) is 0 Å². The molecule has 260 valence electrons. The van der Waals surface area contributed by atoms with Crippen LogP contribution in [0.5, 0.6) is 11.5 Å². The Balaban J connectivity index is 1.23. The standard InChI is InChI=1S/C41H38O8P2/c42-50(44-30-34-17-5-1-6-18-34,45-31-35-19-7-2-8-20-35)48-40-27-15-13-25-38(40)29-39-26-14-16-28-41(39)49-51(43,46-32-36-21-9-3-10-22-36)47-33-37-23-11-4-12-24-37/h1-28H,29-33H2. The number of rotatable bonds is 18. The molecule has 0 amide bonds. The minimum Gasteiger partial charge on any atom is -0.404 e. The van der Waals surface area contributed by atoms with E-state index in [1.54, 1.807) is 24.3 Å². The van der Waals surface area contributed by atoms with E-state index in [2.05, 4.69) is 0 Å². The Kier molecular flexibility index (Phi) is 12.7. The number of phosphoric ester groups is 2. The topological polar surface area (TPSA) is 89.5 Å². The van der Waals surface area contributed by atoms with Crippen LogP contribution in [0.3, 0.4) is 0 Å². The molecule has 0 heterocycles. The molecule has 0 aliphatic rings. The monoisotopic (exact) mass is 720 g/mol. The van der Waals surface area contributed by atoms with Crippen molar-refractivity contribution in [2.24, 2.45) is 0 Å². The molecule has 0 atom stereocenters. The molecule has 0 unspecified atom stereocenters. The molecule has 6 aromatic carbocycles. The predicted octanol–water partition coefficient (Wildman–Crippen LogP) is 11.1.